The van der Waals surface area contributed by atoms with Gasteiger partial charge in [-0.05, 0) is 36.6 Å². The number of piperidine rings is 1. The maximum absolute atomic E-state index is 15.2. The minimum atomic E-state index is -0.528. The maximum Gasteiger partial charge on any atom is 0.253 e. The van der Waals surface area contributed by atoms with Gasteiger partial charge in [0.25, 0.3) is 5.91 Å². The first-order valence-electron chi connectivity index (χ1n) is 11.4. The van der Waals surface area contributed by atoms with Crippen LogP contribution in [0.15, 0.2) is 49.2 Å². The number of halogens is 2. The highest BCUT2D eigenvalue weighted by Crippen LogP contribution is 2.31. The Morgan fingerprint density at radius 1 is 1.06 bits per heavy atom. The summed E-state index contributed by atoms with van der Waals surface area (Å²) in [5.74, 6) is -0.545. The predicted octanol–water partition coefficient (Wildman–Crippen LogP) is 3.63. The molecule has 1 saturated heterocycles. The van der Waals surface area contributed by atoms with Crippen molar-refractivity contribution in [3.8, 4) is 0 Å². The average Bonchev–Trinajstić information content (AvgIpc) is 3.22. The van der Waals surface area contributed by atoms with E-state index in [9.17, 15) is 9.18 Å². The molecule has 0 bridgehead atoms. The van der Waals surface area contributed by atoms with Crippen LogP contribution in [0.5, 0.6) is 0 Å². The van der Waals surface area contributed by atoms with Crippen LogP contribution in [0, 0.1) is 11.6 Å². The van der Waals surface area contributed by atoms with Gasteiger partial charge >= 0.3 is 0 Å². The molecule has 1 amide bonds. The minimum absolute atomic E-state index is 0.0674. The van der Waals surface area contributed by atoms with E-state index in [2.05, 4.69) is 24.8 Å². The number of carbonyl (C=O) groups is 1. The van der Waals surface area contributed by atoms with Crippen molar-refractivity contribution in [3.05, 3.63) is 77.6 Å². The first-order valence-corrected chi connectivity index (χ1v) is 11.4. The Kier molecular flexibility index (Phi) is 6.10. The van der Waals surface area contributed by atoms with Crippen LogP contribution in [0.3, 0.4) is 0 Å². The fourth-order valence-electron chi connectivity index (χ4n) is 4.57. The number of carbonyl (C=O) groups excluding carboxylic acids is 1. The zero-order valence-electron chi connectivity index (χ0n) is 19.5. The van der Waals surface area contributed by atoms with Crippen molar-refractivity contribution >= 4 is 22.9 Å². The summed E-state index contributed by atoms with van der Waals surface area (Å²) in [5.41, 5.74) is 1.51. The summed E-state index contributed by atoms with van der Waals surface area (Å²) in [6, 6.07) is 6.19. The Labute approximate surface area is 201 Å². The lowest BCUT2D eigenvalue weighted by atomic mass is 10.0. The highest BCUT2D eigenvalue weighted by Gasteiger charge is 2.26. The van der Waals surface area contributed by atoms with Crippen LogP contribution < -0.4 is 4.90 Å². The molecule has 4 heterocycles. The molecular weight excluding hydrogens is 452 g/mol. The van der Waals surface area contributed by atoms with Crippen molar-refractivity contribution in [1.29, 1.82) is 0 Å². The van der Waals surface area contributed by atoms with Crippen LogP contribution in [-0.2, 0) is 6.42 Å². The molecule has 3 aromatic heterocycles. The second kappa shape index (κ2) is 9.36. The van der Waals surface area contributed by atoms with Gasteiger partial charge in [-0.1, -0.05) is 6.07 Å². The SMILES string of the molecule is CN(C)C(=O)c1ccc(Cc2ncnc3c2c(F)cn3C2CCN(c3ncccn3)CC2)c(F)c1. The molecule has 4 aromatic rings. The van der Waals surface area contributed by atoms with E-state index in [-0.39, 0.29) is 23.9 Å². The quantitative estimate of drug-likeness (QED) is 0.437. The Balaban J connectivity index is 1.39. The lowest BCUT2D eigenvalue weighted by molar-refractivity contribution is 0.0827. The molecule has 10 heteroatoms. The van der Waals surface area contributed by atoms with Crippen LogP contribution in [-0.4, -0.2) is 62.5 Å². The van der Waals surface area contributed by atoms with E-state index in [1.54, 1.807) is 44.7 Å². The fourth-order valence-corrected chi connectivity index (χ4v) is 4.57. The summed E-state index contributed by atoms with van der Waals surface area (Å²) in [6.07, 6.45) is 7.97. The van der Waals surface area contributed by atoms with E-state index in [4.69, 9.17) is 0 Å². The van der Waals surface area contributed by atoms with E-state index < -0.39 is 11.6 Å². The van der Waals surface area contributed by atoms with Gasteiger partial charge in [0.2, 0.25) is 5.95 Å². The second-order valence-corrected chi connectivity index (χ2v) is 8.85. The highest BCUT2D eigenvalue weighted by atomic mass is 19.1. The summed E-state index contributed by atoms with van der Waals surface area (Å²) in [7, 11) is 3.22. The van der Waals surface area contributed by atoms with Crippen molar-refractivity contribution in [1.82, 2.24) is 29.4 Å². The monoisotopic (exact) mass is 477 g/mol. The van der Waals surface area contributed by atoms with Crippen molar-refractivity contribution in [2.45, 2.75) is 25.3 Å². The van der Waals surface area contributed by atoms with Crippen molar-refractivity contribution in [2.75, 3.05) is 32.1 Å². The topological polar surface area (TPSA) is 80.0 Å². The molecule has 8 nitrogen and oxygen atoms in total. The van der Waals surface area contributed by atoms with Crippen LogP contribution >= 0.6 is 0 Å². The Morgan fingerprint density at radius 2 is 1.80 bits per heavy atom. The summed E-state index contributed by atoms with van der Waals surface area (Å²) in [6.45, 7) is 1.49. The van der Waals surface area contributed by atoms with Gasteiger partial charge in [0.15, 0.2) is 5.82 Å². The summed E-state index contributed by atoms with van der Waals surface area (Å²) < 4.78 is 31.8. The van der Waals surface area contributed by atoms with Gasteiger partial charge in [-0.25, -0.2) is 28.7 Å². The summed E-state index contributed by atoms with van der Waals surface area (Å²) >= 11 is 0. The van der Waals surface area contributed by atoms with Crippen molar-refractivity contribution in [2.24, 2.45) is 0 Å². The summed E-state index contributed by atoms with van der Waals surface area (Å²) in [5, 5.41) is 0.300. The molecule has 0 spiro atoms. The molecule has 0 saturated carbocycles. The molecule has 35 heavy (non-hydrogen) atoms. The number of benzene rings is 1. The summed E-state index contributed by atoms with van der Waals surface area (Å²) in [4.78, 5) is 32.9. The Hall–Kier alpha value is -3.95. The van der Waals surface area contributed by atoms with Crippen molar-refractivity contribution in [3.63, 3.8) is 0 Å². The number of hydrogen-bond acceptors (Lipinski definition) is 6. The first-order chi connectivity index (χ1) is 16.9. The highest BCUT2D eigenvalue weighted by molar-refractivity contribution is 5.94. The van der Waals surface area contributed by atoms with Gasteiger partial charge in [0.1, 0.15) is 17.8 Å². The standard InChI is InChI=1S/C25H25F2N7O/c1-32(2)24(35)17-5-4-16(19(26)12-17)13-21-22-20(27)14-34(23(22)31-15-30-21)18-6-10-33(11-7-18)25-28-8-3-9-29-25/h3-5,8-9,12,14-15,18H,6-7,10-11,13H2,1-2H3. The average molecular weight is 478 g/mol. The maximum atomic E-state index is 15.2. The third-order valence-electron chi connectivity index (χ3n) is 6.40. The third kappa shape index (κ3) is 4.43. The zero-order valence-corrected chi connectivity index (χ0v) is 19.5. The van der Waals surface area contributed by atoms with Gasteiger partial charge in [-0.15, -0.1) is 0 Å². The van der Waals surface area contributed by atoms with Crippen LogP contribution in [0.2, 0.25) is 0 Å². The number of rotatable bonds is 5. The van der Waals surface area contributed by atoms with Crippen LogP contribution in [0.4, 0.5) is 14.7 Å². The molecule has 1 aromatic carbocycles. The molecule has 0 atom stereocenters. The normalized spacial score (nSPS) is 14.5. The smallest absolute Gasteiger partial charge is 0.253 e. The van der Waals surface area contributed by atoms with Crippen molar-refractivity contribution < 1.29 is 13.6 Å². The third-order valence-corrected chi connectivity index (χ3v) is 6.40. The van der Waals surface area contributed by atoms with E-state index in [1.165, 1.54) is 23.5 Å². The lowest BCUT2D eigenvalue weighted by Gasteiger charge is -2.32. The number of anilines is 1. The fraction of sp³-hybridized carbons (Fsp3) is 0.320. The van der Waals surface area contributed by atoms with E-state index in [1.807, 2.05) is 4.57 Å². The largest absolute Gasteiger partial charge is 0.345 e. The molecule has 180 valence electrons. The molecule has 1 aliphatic rings. The first kappa shape index (κ1) is 22.8. The Morgan fingerprint density at radius 3 is 2.49 bits per heavy atom. The van der Waals surface area contributed by atoms with E-state index >= 15 is 4.39 Å². The van der Waals surface area contributed by atoms with Gasteiger partial charge in [0.05, 0.1) is 11.1 Å². The molecule has 1 fully saturated rings. The second-order valence-electron chi connectivity index (χ2n) is 8.85. The van der Waals surface area contributed by atoms with E-state index in [0.29, 0.717) is 28.2 Å². The zero-order chi connectivity index (χ0) is 24.5. The minimum Gasteiger partial charge on any atom is -0.345 e. The van der Waals surface area contributed by atoms with Crippen LogP contribution in [0.1, 0.15) is 40.5 Å². The molecular formula is C25H25F2N7O. The molecule has 0 N–H and O–H groups in total. The molecule has 5 rings (SSSR count). The Bertz CT molecular complexity index is 1370. The van der Waals surface area contributed by atoms with Gasteiger partial charge in [0, 0.05) is 63.8 Å². The van der Waals surface area contributed by atoms with E-state index in [0.717, 1.165) is 25.9 Å². The molecule has 0 unspecified atom stereocenters. The number of nitrogens with zero attached hydrogens (tertiary/aromatic N) is 7. The van der Waals surface area contributed by atoms with Gasteiger partial charge in [-0.2, -0.15) is 0 Å². The lowest BCUT2D eigenvalue weighted by Crippen LogP contribution is -2.35. The molecule has 0 aliphatic carbocycles. The van der Waals surface area contributed by atoms with Gasteiger partial charge in [-0.3, -0.25) is 4.79 Å². The number of amides is 1. The molecule has 1 aliphatic heterocycles. The molecule has 0 radical (unpaired) electrons. The number of hydrogen-bond donors (Lipinski definition) is 0. The van der Waals surface area contributed by atoms with Gasteiger partial charge < -0.3 is 14.4 Å². The number of fused-ring (bicyclic) bond motifs is 1. The van der Waals surface area contributed by atoms with Crippen LogP contribution in [0.25, 0.3) is 11.0 Å². The number of aromatic nitrogens is 5. The predicted molar refractivity (Wildman–Crippen MR) is 127 cm³/mol.